The lowest BCUT2D eigenvalue weighted by molar-refractivity contribution is 0.499. The quantitative estimate of drug-likeness (QED) is 0.674. The van der Waals surface area contributed by atoms with E-state index in [-0.39, 0.29) is 0 Å². The van der Waals surface area contributed by atoms with E-state index in [1.54, 1.807) is 0 Å². The molecule has 0 saturated heterocycles. The van der Waals surface area contributed by atoms with Crippen molar-refractivity contribution >= 4 is 0 Å². The summed E-state index contributed by atoms with van der Waals surface area (Å²) in [5.41, 5.74) is 0. The standard InChI is InChI=1S/C10H16N2/c1-7-4-10(7)12-9-3-2-8(5-9)6-11/h7-10,12H,2-5H2,1H3. The molecule has 1 N–H and O–H groups in total. The fourth-order valence-corrected chi connectivity index (χ4v) is 2.11. The Hall–Kier alpha value is -0.550. The van der Waals surface area contributed by atoms with E-state index in [4.69, 9.17) is 5.26 Å². The van der Waals surface area contributed by atoms with Crippen LogP contribution in [0, 0.1) is 23.2 Å². The summed E-state index contributed by atoms with van der Waals surface area (Å²) in [6.45, 7) is 2.29. The number of hydrogen-bond donors (Lipinski definition) is 1. The Balaban J connectivity index is 1.74. The molecule has 0 spiro atoms. The molecule has 0 bridgehead atoms. The van der Waals surface area contributed by atoms with Crippen molar-refractivity contribution in [2.75, 3.05) is 0 Å². The van der Waals surface area contributed by atoms with Crippen LogP contribution in [-0.4, -0.2) is 12.1 Å². The van der Waals surface area contributed by atoms with E-state index in [1.165, 1.54) is 12.8 Å². The number of nitriles is 1. The first-order valence-electron chi connectivity index (χ1n) is 4.95. The fraction of sp³-hybridized carbons (Fsp3) is 0.900. The van der Waals surface area contributed by atoms with Gasteiger partial charge in [-0.1, -0.05) is 6.92 Å². The molecule has 0 aromatic carbocycles. The van der Waals surface area contributed by atoms with Gasteiger partial charge in [-0.3, -0.25) is 0 Å². The molecule has 0 amide bonds. The molecule has 2 heteroatoms. The van der Waals surface area contributed by atoms with Gasteiger partial charge in [0.15, 0.2) is 0 Å². The Bertz CT molecular complexity index is 206. The van der Waals surface area contributed by atoms with Crippen molar-refractivity contribution in [3.05, 3.63) is 0 Å². The minimum absolute atomic E-state index is 0.330. The van der Waals surface area contributed by atoms with E-state index >= 15 is 0 Å². The molecule has 2 aliphatic rings. The summed E-state index contributed by atoms with van der Waals surface area (Å²) in [6.07, 6.45) is 4.74. The van der Waals surface area contributed by atoms with Crippen LogP contribution >= 0.6 is 0 Å². The van der Waals surface area contributed by atoms with Gasteiger partial charge in [-0.25, -0.2) is 0 Å². The number of rotatable bonds is 2. The van der Waals surface area contributed by atoms with Gasteiger partial charge in [0.25, 0.3) is 0 Å². The molecule has 2 fully saturated rings. The van der Waals surface area contributed by atoms with E-state index < -0.39 is 0 Å². The first-order valence-corrected chi connectivity index (χ1v) is 4.95. The molecule has 0 aromatic heterocycles. The maximum absolute atomic E-state index is 8.71. The van der Waals surface area contributed by atoms with Crippen molar-refractivity contribution in [1.82, 2.24) is 5.32 Å². The smallest absolute Gasteiger partial charge is 0.0656 e. The van der Waals surface area contributed by atoms with Crippen molar-refractivity contribution in [1.29, 1.82) is 5.26 Å². The van der Waals surface area contributed by atoms with E-state index in [1.807, 2.05) is 0 Å². The molecule has 66 valence electrons. The number of hydrogen-bond acceptors (Lipinski definition) is 2. The zero-order valence-electron chi connectivity index (χ0n) is 7.59. The van der Waals surface area contributed by atoms with Crippen LogP contribution in [0.2, 0.25) is 0 Å². The van der Waals surface area contributed by atoms with Crippen LogP contribution < -0.4 is 5.32 Å². The van der Waals surface area contributed by atoms with Crippen molar-refractivity contribution in [2.45, 2.75) is 44.7 Å². The molecule has 0 aliphatic heterocycles. The van der Waals surface area contributed by atoms with E-state index in [9.17, 15) is 0 Å². The molecule has 2 aliphatic carbocycles. The Labute approximate surface area is 74.0 Å². The highest BCUT2D eigenvalue weighted by atomic mass is 15.0. The largest absolute Gasteiger partial charge is 0.311 e. The predicted molar refractivity (Wildman–Crippen MR) is 47.4 cm³/mol. The number of nitrogens with zero attached hydrogens (tertiary/aromatic N) is 1. The molecule has 4 atom stereocenters. The second kappa shape index (κ2) is 3.06. The fourth-order valence-electron chi connectivity index (χ4n) is 2.11. The zero-order valence-corrected chi connectivity index (χ0v) is 7.59. The van der Waals surface area contributed by atoms with E-state index in [0.29, 0.717) is 12.0 Å². The van der Waals surface area contributed by atoms with Crippen molar-refractivity contribution in [2.24, 2.45) is 11.8 Å². The average molecular weight is 164 g/mol. The van der Waals surface area contributed by atoms with Gasteiger partial charge >= 0.3 is 0 Å². The van der Waals surface area contributed by atoms with E-state index in [2.05, 4.69) is 18.3 Å². The Kier molecular flexibility index (Phi) is 2.06. The first-order chi connectivity index (χ1) is 5.79. The normalized spacial score (nSPS) is 45.7. The van der Waals surface area contributed by atoms with Crippen molar-refractivity contribution in [3.8, 4) is 6.07 Å². The molecule has 2 nitrogen and oxygen atoms in total. The van der Waals surface area contributed by atoms with Crippen LogP contribution in [0.4, 0.5) is 0 Å². The van der Waals surface area contributed by atoms with Gasteiger partial charge < -0.3 is 5.32 Å². The lowest BCUT2D eigenvalue weighted by atomic mass is 10.1. The lowest BCUT2D eigenvalue weighted by Crippen LogP contribution is -2.29. The molecule has 0 heterocycles. The van der Waals surface area contributed by atoms with E-state index in [0.717, 1.165) is 24.8 Å². The van der Waals surface area contributed by atoms with Crippen LogP contribution in [0.1, 0.15) is 32.6 Å². The van der Waals surface area contributed by atoms with Crippen molar-refractivity contribution < 1.29 is 0 Å². The highest BCUT2D eigenvalue weighted by Crippen LogP contribution is 2.33. The Morgan fingerprint density at radius 3 is 2.58 bits per heavy atom. The maximum Gasteiger partial charge on any atom is 0.0656 e. The molecule has 12 heavy (non-hydrogen) atoms. The highest BCUT2D eigenvalue weighted by molar-refractivity contribution is 4.97. The molecule has 4 unspecified atom stereocenters. The highest BCUT2D eigenvalue weighted by Gasteiger charge is 2.36. The second-order valence-corrected chi connectivity index (χ2v) is 4.32. The van der Waals surface area contributed by atoms with Gasteiger partial charge in [0.2, 0.25) is 0 Å². The Morgan fingerprint density at radius 1 is 1.33 bits per heavy atom. The second-order valence-electron chi connectivity index (χ2n) is 4.32. The first kappa shape index (κ1) is 8.07. The van der Waals surface area contributed by atoms with Gasteiger partial charge in [0.05, 0.1) is 6.07 Å². The topological polar surface area (TPSA) is 35.8 Å². The van der Waals surface area contributed by atoms with Crippen LogP contribution in [-0.2, 0) is 0 Å². The zero-order chi connectivity index (χ0) is 8.55. The summed E-state index contributed by atoms with van der Waals surface area (Å²) in [7, 11) is 0. The monoisotopic (exact) mass is 164 g/mol. The SMILES string of the molecule is CC1CC1NC1CCC(C#N)C1. The summed E-state index contributed by atoms with van der Waals surface area (Å²) in [6, 6.07) is 3.77. The van der Waals surface area contributed by atoms with Gasteiger partial charge in [-0.2, -0.15) is 5.26 Å². The van der Waals surface area contributed by atoms with Gasteiger partial charge in [0, 0.05) is 18.0 Å². The minimum atomic E-state index is 0.330. The molecule has 0 radical (unpaired) electrons. The van der Waals surface area contributed by atoms with Crippen LogP contribution in [0.25, 0.3) is 0 Å². The maximum atomic E-state index is 8.71. The molecular formula is C10H16N2. The third-order valence-electron chi connectivity index (χ3n) is 3.17. The molecule has 0 aromatic rings. The van der Waals surface area contributed by atoms with Crippen LogP contribution in [0.3, 0.4) is 0 Å². The summed E-state index contributed by atoms with van der Waals surface area (Å²) < 4.78 is 0. The lowest BCUT2D eigenvalue weighted by Gasteiger charge is -2.10. The molecular weight excluding hydrogens is 148 g/mol. The van der Waals surface area contributed by atoms with Gasteiger partial charge in [0.1, 0.15) is 0 Å². The Morgan fingerprint density at radius 2 is 2.08 bits per heavy atom. The predicted octanol–water partition coefficient (Wildman–Crippen LogP) is 1.68. The molecule has 2 saturated carbocycles. The van der Waals surface area contributed by atoms with Gasteiger partial charge in [-0.05, 0) is 31.6 Å². The summed E-state index contributed by atoms with van der Waals surface area (Å²) >= 11 is 0. The minimum Gasteiger partial charge on any atom is -0.311 e. The summed E-state index contributed by atoms with van der Waals surface area (Å²) in [5.74, 6) is 1.21. The number of nitrogens with one attached hydrogen (secondary N) is 1. The average Bonchev–Trinajstić information content (AvgIpc) is 2.61. The van der Waals surface area contributed by atoms with Gasteiger partial charge in [-0.15, -0.1) is 0 Å². The summed E-state index contributed by atoms with van der Waals surface area (Å²) in [4.78, 5) is 0. The molecule has 2 rings (SSSR count). The third-order valence-corrected chi connectivity index (χ3v) is 3.17. The van der Waals surface area contributed by atoms with Crippen LogP contribution in [0.15, 0.2) is 0 Å². The van der Waals surface area contributed by atoms with Crippen LogP contribution in [0.5, 0.6) is 0 Å². The summed E-state index contributed by atoms with van der Waals surface area (Å²) in [5, 5.41) is 12.3. The third kappa shape index (κ3) is 1.61. The van der Waals surface area contributed by atoms with Crippen molar-refractivity contribution in [3.63, 3.8) is 0 Å².